The highest BCUT2D eigenvalue weighted by atomic mass is 32.2. The van der Waals surface area contributed by atoms with E-state index >= 15 is 0 Å². The summed E-state index contributed by atoms with van der Waals surface area (Å²) in [6.07, 6.45) is 5.52. The smallest absolute Gasteiger partial charge is 0.192 e. The third-order valence-corrected chi connectivity index (χ3v) is 8.82. The van der Waals surface area contributed by atoms with Crippen LogP contribution in [0.5, 0.6) is 0 Å². The van der Waals surface area contributed by atoms with Crippen LogP contribution < -0.4 is 0 Å². The van der Waals surface area contributed by atoms with Crippen molar-refractivity contribution in [3.8, 4) is 0 Å². The lowest BCUT2D eigenvalue weighted by Crippen LogP contribution is -2.39. The van der Waals surface area contributed by atoms with Crippen LogP contribution in [0.15, 0.2) is 46.2 Å². The average molecular weight is 483 g/mol. The van der Waals surface area contributed by atoms with Gasteiger partial charge in [0.05, 0.1) is 0 Å². The average Bonchev–Trinajstić information content (AvgIpc) is 2.76. The Morgan fingerprint density at radius 2 is 1.09 bits per heavy atom. The van der Waals surface area contributed by atoms with Crippen LogP contribution in [0.25, 0.3) is 10.8 Å². The summed E-state index contributed by atoms with van der Waals surface area (Å²) in [5.74, 6) is 0. The molecule has 0 aliphatic carbocycles. The lowest BCUT2D eigenvalue weighted by atomic mass is 10.1. The van der Waals surface area contributed by atoms with Crippen LogP contribution in [0.3, 0.4) is 0 Å². The second kappa shape index (κ2) is 9.36. The minimum Gasteiger partial charge on any atom is -0.192 e. The Morgan fingerprint density at radius 1 is 0.688 bits per heavy atom. The molecule has 2 atom stereocenters. The predicted octanol–water partition coefficient (Wildman–Crippen LogP) is 3.83. The zero-order chi connectivity index (χ0) is 22.9. The van der Waals surface area contributed by atoms with Crippen molar-refractivity contribution in [3.63, 3.8) is 0 Å². The summed E-state index contributed by atoms with van der Waals surface area (Å²) in [5.41, 5.74) is 0. The molecule has 2 unspecified atom stereocenters. The molecule has 0 amide bonds. The zero-order valence-electron chi connectivity index (χ0n) is 18.4. The number of piperidine rings is 2. The van der Waals surface area contributed by atoms with Gasteiger partial charge in [-0.1, -0.05) is 37.1 Å². The van der Waals surface area contributed by atoms with E-state index in [0.29, 0.717) is 13.1 Å². The SMILES string of the molecule is CC1CCCCN1OS(=O)(=O)c1cccc2c(S(=O)(=O)ON3CCCCC3C)cccc12. The summed E-state index contributed by atoms with van der Waals surface area (Å²) in [7, 11) is -8.28. The van der Waals surface area contributed by atoms with Crippen molar-refractivity contribution >= 4 is 31.0 Å². The van der Waals surface area contributed by atoms with Gasteiger partial charge in [-0.2, -0.15) is 35.5 Å². The molecule has 32 heavy (non-hydrogen) atoms. The Balaban J connectivity index is 1.69. The van der Waals surface area contributed by atoms with Crippen LogP contribution in [-0.2, 0) is 28.8 Å². The van der Waals surface area contributed by atoms with E-state index in [1.54, 1.807) is 12.1 Å². The van der Waals surface area contributed by atoms with Crippen molar-refractivity contribution in [2.24, 2.45) is 0 Å². The minimum atomic E-state index is -4.14. The lowest BCUT2D eigenvalue weighted by molar-refractivity contribution is -0.101. The van der Waals surface area contributed by atoms with E-state index in [1.807, 2.05) is 13.8 Å². The molecule has 2 aliphatic heterocycles. The first-order valence-electron chi connectivity index (χ1n) is 11.1. The van der Waals surface area contributed by atoms with Crippen molar-refractivity contribution in [2.75, 3.05) is 13.1 Å². The summed E-state index contributed by atoms with van der Waals surface area (Å²) in [4.78, 5) is -0.118. The number of fused-ring (bicyclic) bond motifs is 1. The lowest BCUT2D eigenvalue weighted by Gasteiger charge is -2.31. The van der Waals surface area contributed by atoms with Crippen molar-refractivity contribution in [1.29, 1.82) is 0 Å². The highest BCUT2D eigenvalue weighted by molar-refractivity contribution is 7.87. The van der Waals surface area contributed by atoms with Crippen molar-refractivity contribution in [1.82, 2.24) is 10.1 Å². The van der Waals surface area contributed by atoms with E-state index in [9.17, 15) is 16.8 Å². The summed E-state index contributed by atoms with van der Waals surface area (Å²) < 4.78 is 63.4. The van der Waals surface area contributed by atoms with Gasteiger partial charge in [-0.25, -0.2) is 0 Å². The van der Waals surface area contributed by atoms with Crippen LogP contribution in [0.1, 0.15) is 52.4 Å². The van der Waals surface area contributed by atoms with E-state index in [2.05, 4.69) is 0 Å². The first kappa shape index (κ1) is 23.6. The molecule has 0 saturated carbocycles. The summed E-state index contributed by atoms with van der Waals surface area (Å²) in [6.45, 7) is 4.93. The number of nitrogens with zero attached hydrogens (tertiary/aromatic N) is 2. The Kier molecular flexibility index (Phi) is 6.90. The molecule has 0 spiro atoms. The Hall–Kier alpha value is -1.56. The molecule has 0 radical (unpaired) electrons. The van der Waals surface area contributed by atoms with Crippen LogP contribution in [0, 0.1) is 0 Å². The van der Waals surface area contributed by atoms with Gasteiger partial charge in [0.1, 0.15) is 9.79 Å². The van der Waals surface area contributed by atoms with E-state index in [1.165, 1.54) is 34.4 Å². The maximum absolute atomic E-state index is 13.1. The van der Waals surface area contributed by atoms with Gasteiger partial charge in [0.25, 0.3) is 0 Å². The van der Waals surface area contributed by atoms with Crippen LogP contribution in [0.2, 0.25) is 0 Å². The van der Waals surface area contributed by atoms with Crippen molar-refractivity contribution < 1.29 is 25.4 Å². The molecule has 2 saturated heterocycles. The van der Waals surface area contributed by atoms with E-state index < -0.39 is 20.2 Å². The van der Waals surface area contributed by atoms with Crippen LogP contribution in [-0.4, -0.2) is 52.1 Å². The third-order valence-electron chi connectivity index (χ3n) is 6.25. The number of hydroxylamine groups is 4. The molecule has 2 heterocycles. The first-order chi connectivity index (χ1) is 15.2. The molecular weight excluding hydrogens is 452 g/mol. The Labute approximate surface area is 190 Å². The fourth-order valence-corrected chi connectivity index (χ4v) is 6.88. The monoisotopic (exact) mass is 482 g/mol. The van der Waals surface area contributed by atoms with E-state index in [4.69, 9.17) is 8.57 Å². The largest absolute Gasteiger partial charge is 0.313 e. The van der Waals surface area contributed by atoms with Crippen molar-refractivity contribution in [2.45, 2.75) is 74.2 Å². The molecule has 2 aromatic carbocycles. The molecule has 0 aromatic heterocycles. The molecule has 10 heteroatoms. The van der Waals surface area contributed by atoms with Gasteiger partial charge in [-0.15, -0.1) is 0 Å². The molecule has 0 N–H and O–H groups in total. The zero-order valence-corrected chi connectivity index (χ0v) is 20.1. The normalized spacial score (nSPS) is 24.1. The van der Waals surface area contributed by atoms with Gasteiger partial charge < -0.3 is 0 Å². The summed E-state index contributed by atoms with van der Waals surface area (Å²) in [6, 6.07) is 9.10. The van der Waals surface area contributed by atoms with Crippen molar-refractivity contribution in [3.05, 3.63) is 36.4 Å². The maximum Gasteiger partial charge on any atom is 0.313 e. The fourth-order valence-electron chi connectivity index (χ4n) is 4.39. The first-order valence-corrected chi connectivity index (χ1v) is 13.9. The molecule has 8 nitrogen and oxygen atoms in total. The highest BCUT2D eigenvalue weighted by Crippen LogP contribution is 2.32. The summed E-state index contributed by atoms with van der Waals surface area (Å²) >= 11 is 0. The maximum atomic E-state index is 13.1. The van der Waals surface area contributed by atoms with Gasteiger partial charge in [0.15, 0.2) is 0 Å². The van der Waals surface area contributed by atoms with Gasteiger partial charge >= 0.3 is 20.2 Å². The second-order valence-corrected chi connectivity index (χ2v) is 11.6. The van der Waals surface area contributed by atoms with Gasteiger partial charge in [-0.05, 0) is 51.7 Å². The van der Waals surface area contributed by atoms with Gasteiger partial charge in [0.2, 0.25) is 0 Å². The second-order valence-electron chi connectivity index (χ2n) is 8.64. The van der Waals surface area contributed by atoms with Crippen LogP contribution >= 0.6 is 0 Å². The molecule has 176 valence electrons. The molecule has 2 aromatic rings. The minimum absolute atomic E-state index is 0.00984. The number of rotatable bonds is 6. The van der Waals surface area contributed by atoms with Crippen LogP contribution in [0.4, 0.5) is 0 Å². The molecular formula is C22H30N2O6S2. The van der Waals surface area contributed by atoms with Gasteiger partial charge in [0, 0.05) is 35.9 Å². The predicted molar refractivity (Wildman–Crippen MR) is 121 cm³/mol. The molecule has 2 fully saturated rings. The molecule has 4 rings (SSSR count). The van der Waals surface area contributed by atoms with E-state index in [0.717, 1.165) is 38.5 Å². The fraction of sp³-hybridized carbons (Fsp3) is 0.545. The van der Waals surface area contributed by atoms with Gasteiger partial charge in [-0.3, -0.25) is 0 Å². The Morgan fingerprint density at radius 3 is 1.47 bits per heavy atom. The number of hydrogen-bond acceptors (Lipinski definition) is 8. The summed E-state index contributed by atoms with van der Waals surface area (Å²) in [5, 5.41) is 3.57. The standard InChI is InChI=1S/C22H30N2O6S2/c1-17-9-3-5-15-23(17)29-31(25,26)21-13-7-12-20-19(21)11-8-14-22(20)32(27,28)30-24-16-6-4-10-18(24)2/h7-8,11-14,17-18H,3-6,9-10,15-16H2,1-2H3. The number of benzene rings is 2. The number of hydrogen-bond donors (Lipinski definition) is 0. The molecule has 0 bridgehead atoms. The van der Waals surface area contributed by atoms with E-state index in [-0.39, 0.29) is 32.6 Å². The molecule has 2 aliphatic rings. The Bertz CT molecular complexity index is 1090. The quantitative estimate of drug-likeness (QED) is 0.613. The third kappa shape index (κ3) is 4.85. The topological polar surface area (TPSA) is 93.2 Å². The highest BCUT2D eigenvalue weighted by Gasteiger charge is 2.30.